The molecule has 5 nitrogen and oxygen atoms in total. The van der Waals surface area contributed by atoms with Gasteiger partial charge in [0.25, 0.3) is 0 Å². The first-order valence-electron chi connectivity index (χ1n) is 10.3. The Hall–Kier alpha value is -2.04. The van der Waals surface area contributed by atoms with Crippen molar-refractivity contribution in [3.05, 3.63) is 29.8 Å². The fourth-order valence-corrected chi connectivity index (χ4v) is 4.71. The van der Waals surface area contributed by atoms with Gasteiger partial charge in [-0.05, 0) is 44.6 Å². The molecule has 1 aromatic carbocycles. The molecule has 0 aromatic heterocycles. The van der Waals surface area contributed by atoms with E-state index in [0.29, 0.717) is 19.0 Å². The van der Waals surface area contributed by atoms with Gasteiger partial charge in [0.1, 0.15) is 11.4 Å². The number of amides is 2. The first kappa shape index (κ1) is 18.3. The lowest BCUT2D eigenvalue weighted by Crippen LogP contribution is -2.53. The zero-order valence-electron chi connectivity index (χ0n) is 16.4. The SMILES string of the molecule is CC(=O)N(C)C1CCC2(CC1)CN(C(=O)C1CCC1)Cc1ccccc1O2. The highest BCUT2D eigenvalue weighted by molar-refractivity contribution is 5.80. The lowest BCUT2D eigenvalue weighted by atomic mass is 9.80. The van der Waals surface area contributed by atoms with Crippen LogP contribution in [0.25, 0.3) is 0 Å². The van der Waals surface area contributed by atoms with Crippen LogP contribution in [0.2, 0.25) is 0 Å². The molecule has 4 rings (SSSR count). The Morgan fingerprint density at radius 3 is 2.48 bits per heavy atom. The summed E-state index contributed by atoms with van der Waals surface area (Å²) in [6, 6.07) is 8.40. The van der Waals surface area contributed by atoms with Crippen molar-refractivity contribution >= 4 is 11.8 Å². The van der Waals surface area contributed by atoms with Crippen LogP contribution < -0.4 is 4.74 Å². The Morgan fingerprint density at radius 2 is 1.85 bits per heavy atom. The molecule has 1 spiro atoms. The van der Waals surface area contributed by atoms with E-state index in [1.165, 1.54) is 6.42 Å². The van der Waals surface area contributed by atoms with Gasteiger partial charge in [0.2, 0.25) is 11.8 Å². The van der Waals surface area contributed by atoms with Crippen LogP contribution in [0.5, 0.6) is 5.75 Å². The van der Waals surface area contributed by atoms with Gasteiger partial charge in [0, 0.05) is 38.0 Å². The highest BCUT2D eigenvalue weighted by Gasteiger charge is 2.44. The van der Waals surface area contributed by atoms with Gasteiger partial charge in [-0.15, -0.1) is 0 Å². The van der Waals surface area contributed by atoms with E-state index < -0.39 is 0 Å². The summed E-state index contributed by atoms with van der Waals surface area (Å²) >= 11 is 0. The van der Waals surface area contributed by atoms with E-state index in [-0.39, 0.29) is 23.5 Å². The Kier molecular flexibility index (Phi) is 4.87. The first-order chi connectivity index (χ1) is 13.0. The highest BCUT2D eigenvalue weighted by atomic mass is 16.5. The average Bonchev–Trinajstić information content (AvgIpc) is 2.77. The average molecular weight is 370 g/mol. The second-order valence-electron chi connectivity index (χ2n) is 8.58. The highest BCUT2D eigenvalue weighted by Crippen LogP contribution is 2.40. The summed E-state index contributed by atoms with van der Waals surface area (Å²) in [5.74, 6) is 1.53. The molecule has 2 amide bonds. The van der Waals surface area contributed by atoms with Gasteiger partial charge in [0.15, 0.2) is 0 Å². The minimum absolute atomic E-state index is 0.116. The normalized spacial score (nSPS) is 27.9. The van der Waals surface area contributed by atoms with Crippen molar-refractivity contribution in [3.63, 3.8) is 0 Å². The molecule has 0 radical (unpaired) electrons. The van der Waals surface area contributed by atoms with E-state index in [4.69, 9.17) is 4.74 Å². The molecule has 0 saturated heterocycles. The monoisotopic (exact) mass is 370 g/mol. The molecule has 146 valence electrons. The fraction of sp³-hybridized carbons (Fsp3) is 0.636. The van der Waals surface area contributed by atoms with E-state index in [2.05, 4.69) is 6.07 Å². The van der Waals surface area contributed by atoms with Crippen molar-refractivity contribution in [2.45, 2.75) is 70.1 Å². The number of rotatable bonds is 2. The minimum atomic E-state index is -0.333. The van der Waals surface area contributed by atoms with Gasteiger partial charge in [-0.2, -0.15) is 0 Å². The van der Waals surface area contributed by atoms with Crippen molar-refractivity contribution < 1.29 is 14.3 Å². The fourth-order valence-electron chi connectivity index (χ4n) is 4.71. The van der Waals surface area contributed by atoms with Gasteiger partial charge in [0.05, 0.1) is 6.54 Å². The molecule has 2 fully saturated rings. The molecular weight excluding hydrogens is 340 g/mol. The van der Waals surface area contributed by atoms with Crippen LogP contribution in [0.15, 0.2) is 24.3 Å². The number of para-hydroxylation sites is 1. The second kappa shape index (κ2) is 7.17. The molecule has 2 saturated carbocycles. The number of hydrogen-bond acceptors (Lipinski definition) is 3. The van der Waals surface area contributed by atoms with Crippen LogP contribution in [0.4, 0.5) is 0 Å². The molecule has 0 unspecified atom stereocenters. The Bertz CT molecular complexity index is 720. The number of carbonyl (C=O) groups excluding carboxylic acids is 2. The topological polar surface area (TPSA) is 49.9 Å². The maximum Gasteiger partial charge on any atom is 0.226 e. The molecule has 1 aromatic rings. The summed E-state index contributed by atoms with van der Waals surface area (Å²) in [5.41, 5.74) is 0.769. The van der Waals surface area contributed by atoms with Gasteiger partial charge in [-0.3, -0.25) is 9.59 Å². The molecule has 5 heteroatoms. The first-order valence-corrected chi connectivity index (χ1v) is 10.3. The van der Waals surface area contributed by atoms with Crippen LogP contribution in [-0.4, -0.2) is 46.8 Å². The van der Waals surface area contributed by atoms with Crippen molar-refractivity contribution in [1.29, 1.82) is 0 Å². The second-order valence-corrected chi connectivity index (χ2v) is 8.58. The predicted molar refractivity (Wildman–Crippen MR) is 103 cm³/mol. The summed E-state index contributed by atoms with van der Waals surface area (Å²) in [7, 11) is 1.89. The standard InChI is InChI=1S/C22H30N2O3/c1-16(25)23(2)19-10-12-22(13-11-19)15-24(21(26)17-7-5-8-17)14-18-6-3-4-9-20(18)27-22/h3-4,6,9,17,19H,5,7-8,10-15H2,1-2H3. The van der Waals surface area contributed by atoms with E-state index in [1.54, 1.807) is 6.92 Å². The van der Waals surface area contributed by atoms with Crippen molar-refractivity contribution in [3.8, 4) is 5.75 Å². The number of benzene rings is 1. The summed E-state index contributed by atoms with van der Waals surface area (Å²) in [4.78, 5) is 28.7. The largest absolute Gasteiger partial charge is 0.485 e. The zero-order valence-corrected chi connectivity index (χ0v) is 16.4. The van der Waals surface area contributed by atoms with Gasteiger partial charge >= 0.3 is 0 Å². The third-order valence-electron chi connectivity index (χ3n) is 6.82. The molecule has 1 aliphatic heterocycles. The molecule has 0 bridgehead atoms. The van der Waals surface area contributed by atoms with Crippen LogP contribution in [0.1, 0.15) is 57.4 Å². The number of fused-ring (bicyclic) bond motifs is 1. The van der Waals surface area contributed by atoms with Gasteiger partial charge < -0.3 is 14.5 Å². The van der Waals surface area contributed by atoms with E-state index in [1.807, 2.05) is 35.0 Å². The molecular formula is C22H30N2O3. The van der Waals surface area contributed by atoms with Gasteiger partial charge in [-0.25, -0.2) is 0 Å². The van der Waals surface area contributed by atoms with Crippen molar-refractivity contribution in [2.24, 2.45) is 5.92 Å². The van der Waals surface area contributed by atoms with Crippen molar-refractivity contribution in [2.75, 3.05) is 13.6 Å². The molecule has 0 atom stereocenters. The number of hydrogen-bond donors (Lipinski definition) is 0. The molecule has 0 N–H and O–H groups in total. The van der Waals surface area contributed by atoms with Crippen LogP contribution in [0.3, 0.4) is 0 Å². The molecule has 27 heavy (non-hydrogen) atoms. The quantitative estimate of drug-likeness (QED) is 0.802. The third kappa shape index (κ3) is 3.56. The molecule has 1 heterocycles. The van der Waals surface area contributed by atoms with Crippen LogP contribution in [-0.2, 0) is 16.1 Å². The van der Waals surface area contributed by atoms with E-state index >= 15 is 0 Å². The Morgan fingerprint density at radius 1 is 1.15 bits per heavy atom. The minimum Gasteiger partial charge on any atom is -0.485 e. The predicted octanol–water partition coefficient (Wildman–Crippen LogP) is 3.37. The van der Waals surface area contributed by atoms with Crippen LogP contribution >= 0.6 is 0 Å². The van der Waals surface area contributed by atoms with Crippen LogP contribution in [0, 0.1) is 5.92 Å². The Balaban J connectivity index is 1.56. The smallest absolute Gasteiger partial charge is 0.226 e. The number of ether oxygens (including phenoxy) is 1. The maximum absolute atomic E-state index is 13.0. The molecule has 3 aliphatic rings. The van der Waals surface area contributed by atoms with E-state index in [9.17, 15) is 9.59 Å². The van der Waals surface area contributed by atoms with Gasteiger partial charge in [-0.1, -0.05) is 24.6 Å². The third-order valence-corrected chi connectivity index (χ3v) is 6.82. The zero-order chi connectivity index (χ0) is 19.0. The maximum atomic E-state index is 13.0. The summed E-state index contributed by atoms with van der Waals surface area (Å²) in [6.07, 6.45) is 6.80. The Labute approximate surface area is 161 Å². The number of nitrogens with zero attached hydrogens (tertiary/aromatic N) is 2. The number of carbonyl (C=O) groups is 2. The summed E-state index contributed by atoms with van der Waals surface area (Å²) < 4.78 is 6.59. The molecule has 2 aliphatic carbocycles. The van der Waals surface area contributed by atoms with Crippen molar-refractivity contribution in [1.82, 2.24) is 9.80 Å². The summed E-state index contributed by atoms with van der Waals surface area (Å²) in [5, 5.41) is 0. The van der Waals surface area contributed by atoms with E-state index in [0.717, 1.165) is 49.8 Å². The lowest BCUT2D eigenvalue weighted by molar-refractivity contribution is -0.142. The summed E-state index contributed by atoms with van der Waals surface area (Å²) in [6.45, 7) is 2.93. The lowest BCUT2D eigenvalue weighted by Gasteiger charge is -2.44.